The van der Waals surface area contributed by atoms with Gasteiger partial charge in [-0.05, 0) is 38.6 Å². The summed E-state index contributed by atoms with van der Waals surface area (Å²) in [4.78, 5) is 0. The Morgan fingerprint density at radius 2 is 2.44 bits per heavy atom. The van der Waals surface area contributed by atoms with Crippen molar-refractivity contribution < 1.29 is 4.74 Å². The topological polar surface area (TPSA) is 66.0 Å². The Morgan fingerprint density at radius 3 is 3.19 bits per heavy atom. The van der Waals surface area contributed by atoms with Crippen molar-refractivity contribution in [1.82, 2.24) is 15.0 Å². The second-order valence-electron chi connectivity index (χ2n) is 4.31. The molecule has 16 heavy (non-hydrogen) atoms. The van der Waals surface area contributed by atoms with E-state index in [1.54, 1.807) is 0 Å². The quantitative estimate of drug-likeness (QED) is 0.801. The van der Waals surface area contributed by atoms with E-state index in [2.05, 4.69) is 10.3 Å². The largest absolute Gasteiger partial charge is 0.376 e. The highest BCUT2D eigenvalue weighted by Gasteiger charge is 2.14. The van der Waals surface area contributed by atoms with E-state index in [9.17, 15) is 0 Å². The molecule has 1 aliphatic heterocycles. The molecule has 1 atom stereocenters. The molecule has 1 aliphatic rings. The van der Waals surface area contributed by atoms with E-state index in [-0.39, 0.29) is 0 Å². The van der Waals surface area contributed by atoms with Crippen LogP contribution >= 0.6 is 0 Å². The molecule has 0 amide bonds. The van der Waals surface area contributed by atoms with Crippen LogP contribution in [0.2, 0.25) is 0 Å². The minimum absolute atomic E-state index is 0.317. The number of ether oxygens (including phenoxy) is 1. The summed E-state index contributed by atoms with van der Waals surface area (Å²) in [5.41, 5.74) is 6.49. The third-order valence-electron chi connectivity index (χ3n) is 2.89. The molecule has 0 aliphatic carbocycles. The molecule has 0 spiro atoms. The molecule has 1 fully saturated rings. The molecule has 2 N–H and O–H groups in total. The maximum atomic E-state index is 5.66. The van der Waals surface area contributed by atoms with Crippen LogP contribution in [-0.4, -0.2) is 34.2 Å². The molecule has 5 nitrogen and oxygen atoms in total. The average molecular weight is 224 g/mol. The summed E-state index contributed by atoms with van der Waals surface area (Å²) in [7, 11) is 0. The van der Waals surface area contributed by atoms with Crippen molar-refractivity contribution in [3.63, 3.8) is 0 Å². The van der Waals surface area contributed by atoms with Crippen molar-refractivity contribution in [1.29, 1.82) is 0 Å². The van der Waals surface area contributed by atoms with Crippen LogP contribution in [0.15, 0.2) is 6.20 Å². The molecular formula is C11H20N4O. The number of aryl methyl sites for hydroxylation is 1. The molecule has 2 heterocycles. The third kappa shape index (κ3) is 3.28. The van der Waals surface area contributed by atoms with Crippen LogP contribution in [0.4, 0.5) is 0 Å². The van der Waals surface area contributed by atoms with Gasteiger partial charge < -0.3 is 10.5 Å². The summed E-state index contributed by atoms with van der Waals surface area (Å²) in [6, 6.07) is 0. The average Bonchev–Trinajstić information content (AvgIpc) is 2.75. The fraction of sp³-hybridized carbons (Fsp3) is 0.818. The maximum absolute atomic E-state index is 5.66. The zero-order valence-electron chi connectivity index (χ0n) is 9.64. The number of hydrogen-bond donors (Lipinski definition) is 1. The summed E-state index contributed by atoms with van der Waals surface area (Å²) >= 11 is 0. The lowest BCUT2D eigenvalue weighted by Gasteiger charge is -2.21. The van der Waals surface area contributed by atoms with Gasteiger partial charge in [0, 0.05) is 12.8 Å². The van der Waals surface area contributed by atoms with Crippen LogP contribution < -0.4 is 5.73 Å². The first-order valence-electron chi connectivity index (χ1n) is 6.09. The van der Waals surface area contributed by atoms with Crippen LogP contribution in [0.1, 0.15) is 31.4 Å². The Balaban J connectivity index is 1.81. The van der Waals surface area contributed by atoms with Gasteiger partial charge in [-0.2, -0.15) is 0 Å². The lowest BCUT2D eigenvalue weighted by molar-refractivity contribution is 0.00370. The number of hydrogen-bond acceptors (Lipinski definition) is 4. The zero-order valence-corrected chi connectivity index (χ0v) is 9.64. The third-order valence-corrected chi connectivity index (χ3v) is 2.89. The fourth-order valence-corrected chi connectivity index (χ4v) is 1.99. The summed E-state index contributed by atoms with van der Waals surface area (Å²) < 4.78 is 7.55. The van der Waals surface area contributed by atoms with Gasteiger partial charge in [-0.1, -0.05) is 5.21 Å². The van der Waals surface area contributed by atoms with Gasteiger partial charge in [0.05, 0.1) is 18.3 Å². The molecule has 1 aromatic heterocycles. The predicted octanol–water partition coefficient (Wildman–Crippen LogP) is 0.738. The molecule has 1 aromatic rings. The van der Waals surface area contributed by atoms with Crippen molar-refractivity contribution in [3.05, 3.63) is 11.9 Å². The Morgan fingerprint density at radius 1 is 1.50 bits per heavy atom. The first kappa shape index (κ1) is 11.5. The molecule has 0 saturated carbocycles. The highest BCUT2D eigenvalue weighted by Crippen LogP contribution is 2.14. The van der Waals surface area contributed by atoms with E-state index in [0.717, 1.165) is 38.1 Å². The maximum Gasteiger partial charge on any atom is 0.0827 e. The normalized spacial score (nSPS) is 21.2. The van der Waals surface area contributed by atoms with Gasteiger partial charge in [-0.25, -0.2) is 4.68 Å². The summed E-state index contributed by atoms with van der Waals surface area (Å²) in [6.45, 7) is 2.42. The monoisotopic (exact) mass is 224 g/mol. The van der Waals surface area contributed by atoms with Crippen LogP contribution in [0.25, 0.3) is 0 Å². The smallest absolute Gasteiger partial charge is 0.0827 e. The first-order valence-corrected chi connectivity index (χ1v) is 6.09. The Kier molecular flexibility index (Phi) is 4.30. The van der Waals surface area contributed by atoms with Gasteiger partial charge in [0.15, 0.2) is 0 Å². The Bertz CT molecular complexity index is 307. The summed E-state index contributed by atoms with van der Waals surface area (Å²) in [5, 5.41) is 8.23. The van der Waals surface area contributed by atoms with Gasteiger partial charge in [0.25, 0.3) is 0 Å². The molecule has 1 unspecified atom stereocenters. The molecule has 0 radical (unpaired) electrons. The van der Waals surface area contributed by atoms with E-state index in [1.807, 2.05) is 10.9 Å². The molecule has 90 valence electrons. The van der Waals surface area contributed by atoms with Crippen molar-refractivity contribution in [2.24, 2.45) is 5.73 Å². The molecular weight excluding hydrogens is 204 g/mol. The number of nitrogens with zero attached hydrogens (tertiary/aromatic N) is 3. The minimum atomic E-state index is 0.317. The van der Waals surface area contributed by atoms with Gasteiger partial charge in [-0.15, -0.1) is 5.10 Å². The van der Waals surface area contributed by atoms with Crippen molar-refractivity contribution in [3.8, 4) is 0 Å². The van der Waals surface area contributed by atoms with Crippen LogP contribution in [0, 0.1) is 0 Å². The van der Waals surface area contributed by atoms with Gasteiger partial charge in [0.1, 0.15) is 0 Å². The number of nitrogens with two attached hydrogens (primary N) is 1. The van der Waals surface area contributed by atoms with E-state index in [4.69, 9.17) is 10.5 Å². The van der Waals surface area contributed by atoms with Crippen LogP contribution in [0.5, 0.6) is 0 Å². The van der Waals surface area contributed by atoms with Crippen molar-refractivity contribution in [2.45, 2.75) is 44.8 Å². The van der Waals surface area contributed by atoms with E-state index in [1.165, 1.54) is 12.8 Å². The molecule has 1 saturated heterocycles. The van der Waals surface area contributed by atoms with E-state index in [0.29, 0.717) is 12.6 Å². The first-order chi connectivity index (χ1) is 7.88. The SMILES string of the molecule is NCCCc1cn(CC2CCCCO2)nn1. The standard InChI is InChI=1S/C11H20N4O/c12-6-3-4-10-8-15(14-13-10)9-11-5-1-2-7-16-11/h8,11H,1-7,9,12H2. The fourth-order valence-electron chi connectivity index (χ4n) is 1.99. The van der Waals surface area contributed by atoms with Crippen LogP contribution in [-0.2, 0) is 17.7 Å². The zero-order chi connectivity index (χ0) is 11.2. The summed E-state index contributed by atoms with van der Waals surface area (Å²) in [5.74, 6) is 0. The Hall–Kier alpha value is -0.940. The molecule has 5 heteroatoms. The second-order valence-corrected chi connectivity index (χ2v) is 4.31. The number of aromatic nitrogens is 3. The summed E-state index contributed by atoms with van der Waals surface area (Å²) in [6.07, 6.45) is 7.80. The number of rotatable bonds is 5. The lowest BCUT2D eigenvalue weighted by atomic mass is 10.1. The lowest BCUT2D eigenvalue weighted by Crippen LogP contribution is -2.24. The highest BCUT2D eigenvalue weighted by molar-refractivity contribution is 4.92. The molecule has 2 rings (SSSR count). The minimum Gasteiger partial charge on any atom is -0.376 e. The van der Waals surface area contributed by atoms with Crippen molar-refractivity contribution >= 4 is 0 Å². The van der Waals surface area contributed by atoms with E-state index >= 15 is 0 Å². The molecule has 0 aromatic carbocycles. The van der Waals surface area contributed by atoms with Gasteiger partial charge in [-0.3, -0.25) is 0 Å². The Labute approximate surface area is 96.0 Å². The second kappa shape index (κ2) is 5.96. The highest BCUT2D eigenvalue weighted by atomic mass is 16.5. The van der Waals surface area contributed by atoms with Gasteiger partial charge in [0.2, 0.25) is 0 Å². The van der Waals surface area contributed by atoms with Gasteiger partial charge >= 0.3 is 0 Å². The van der Waals surface area contributed by atoms with E-state index < -0.39 is 0 Å². The van der Waals surface area contributed by atoms with Crippen molar-refractivity contribution in [2.75, 3.05) is 13.2 Å². The molecule has 0 bridgehead atoms. The van der Waals surface area contributed by atoms with Crippen LogP contribution in [0.3, 0.4) is 0 Å². The predicted molar refractivity (Wildman–Crippen MR) is 61.0 cm³/mol.